The molecule has 0 aliphatic heterocycles. The molecule has 21 heavy (non-hydrogen) atoms. The van der Waals surface area contributed by atoms with Gasteiger partial charge in [-0.1, -0.05) is 6.07 Å². The molecule has 3 rings (SSSR count). The van der Waals surface area contributed by atoms with Gasteiger partial charge in [-0.15, -0.1) is 11.3 Å². The number of carbonyl (C=O) groups is 1. The van der Waals surface area contributed by atoms with Crippen LogP contribution in [0.4, 0.5) is 0 Å². The monoisotopic (exact) mass is 299 g/mol. The minimum Gasteiger partial charge on any atom is -0.459 e. The van der Waals surface area contributed by atoms with Crippen LogP contribution in [0.25, 0.3) is 10.7 Å². The molecule has 3 aromatic heterocycles. The third-order valence-corrected chi connectivity index (χ3v) is 3.76. The van der Waals surface area contributed by atoms with Crippen LogP contribution in [0.3, 0.4) is 0 Å². The highest BCUT2D eigenvalue weighted by Gasteiger charge is 2.09. The number of furan rings is 1. The molecule has 0 aliphatic rings. The van der Waals surface area contributed by atoms with E-state index in [4.69, 9.17) is 4.42 Å². The summed E-state index contributed by atoms with van der Waals surface area (Å²) >= 11 is 1.55. The normalized spacial score (nSPS) is 10.5. The molecule has 0 spiro atoms. The van der Waals surface area contributed by atoms with E-state index in [1.165, 1.54) is 6.26 Å². The van der Waals surface area contributed by atoms with Crippen molar-refractivity contribution >= 4 is 17.2 Å². The number of carbonyl (C=O) groups excluding carboxylic acids is 1. The molecule has 3 heterocycles. The van der Waals surface area contributed by atoms with E-state index in [0.717, 1.165) is 16.4 Å². The van der Waals surface area contributed by atoms with Crippen molar-refractivity contribution in [3.05, 3.63) is 59.6 Å². The summed E-state index contributed by atoms with van der Waals surface area (Å²) in [5.41, 5.74) is 1.81. The Morgan fingerprint density at radius 3 is 3.00 bits per heavy atom. The number of thiazole rings is 1. The zero-order valence-electron chi connectivity index (χ0n) is 11.2. The molecule has 0 atom stereocenters. The van der Waals surface area contributed by atoms with Gasteiger partial charge in [0.2, 0.25) is 0 Å². The van der Waals surface area contributed by atoms with Gasteiger partial charge in [0, 0.05) is 24.5 Å². The first-order valence-electron chi connectivity index (χ1n) is 6.50. The van der Waals surface area contributed by atoms with Crippen LogP contribution in [0, 0.1) is 0 Å². The van der Waals surface area contributed by atoms with Crippen LogP contribution in [0.1, 0.15) is 16.2 Å². The Morgan fingerprint density at radius 1 is 1.29 bits per heavy atom. The van der Waals surface area contributed by atoms with Crippen molar-refractivity contribution in [2.45, 2.75) is 6.42 Å². The average molecular weight is 299 g/mol. The summed E-state index contributed by atoms with van der Waals surface area (Å²) in [5, 5.41) is 5.68. The minimum absolute atomic E-state index is 0.208. The van der Waals surface area contributed by atoms with Crippen LogP contribution < -0.4 is 5.32 Å². The third-order valence-electron chi connectivity index (χ3n) is 2.85. The van der Waals surface area contributed by atoms with Crippen molar-refractivity contribution in [3.8, 4) is 10.7 Å². The summed E-state index contributed by atoms with van der Waals surface area (Å²) in [7, 11) is 0. The van der Waals surface area contributed by atoms with Crippen molar-refractivity contribution in [2.75, 3.05) is 6.54 Å². The number of pyridine rings is 1. The first-order chi connectivity index (χ1) is 10.3. The minimum atomic E-state index is -0.208. The molecule has 0 radical (unpaired) electrons. The van der Waals surface area contributed by atoms with E-state index in [2.05, 4.69) is 15.3 Å². The van der Waals surface area contributed by atoms with Gasteiger partial charge in [0.1, 0.15) is 5.01 Å². The quantitative estimate of drug-likeness (QED) is 0.786. The molecule has 1 amide bonds. The van der Waals surface area contributed by atoms with E-state index in [1.54, 1.807) is 29.7 Å². The Hall–Kier alpha value is -2.47. The number of nitrogens with zero attached hydrogens (tertiary/aromatic N) is 2. The van der Waals surface area contributed by atoms with Gasteiger partial charge in [-0.25, -0.2) is 4.98 Å². The number of rotatable bonds is 5. The molecule has 0 saturated carbocycles. The van der Waals surface area contributed by atoms with Gasteiger partial charge in [-0.2, -0.15) is 0 Å². The molecule has 0 bridgehead atoms. The molecule has 3 aromatic rings. The fraction of sp³-hybridized carbons (Fsp3) is 0.133. The lowest BCUT2D eigenvalue weighted by molar-refractivity contribution is 0.0926. The van der Waals surface area contributed by atoms with Crippen LogP contribution >= 0.6 is 11.3 Å². The van der Waals surface area contributed by atoms with E-state index in [0.29, 0.717) is 18.7 Å². The van der Waals surface area contributed by atoms with E-state index < -0.39 is 0 Å². The molecule has 1 N–H and O–H groups in total. The maximum absolute atomic E-state index is 11.7. The number of hydrogen-bond donors (Lipinski definition) is 1. The van der Waals surface area contributed by atoms with Crippen molar-refractivity contribution in [1.29, 1.82) is 0 Å². The van der Waals surface area contributed by atoms with Crippen LogP contribution in [0.15, 0.2) is 52.6 Å². The predicted octanol–water partition coefficient (Wildman–Crippen LogP) is 2.77. The number of aromatic nitrogens is 2. The first-order valence-corrected chi connectivity index (χ1v) is 7.38. The van der Waals surface area contributed by atoms with Crippen molar-refractivity contribution in [3.63, 3.8) is 0 Å². The Bertz CT molecular complexity index is 708. The second-order valence-electron chi connectivity index (χ2n) is 4.34. The third kappa shape index (κ3) is 3.35. The maximum atomic E-state index is 11.7. The lowest BCUT2D eigenvalue weighted by Gasteiger charge is -2.00. The Morgan fingerprint density at radius 2 is 2.24 bits per heavy atom. The molecule has 5 nitrogen and oxygen atoms in total. The van der Waals surface area contributed by atoms with E-state index in [9.17, 15) is 4.79 Å². The molecule has 106 valence electrons. The number of amides is 1. The zero-order valence-corrected chi connectivity index (χ0v) is 12.0. The second kappa shape index (κ2) is 6.32. The van der Waals surface area contributed by atoms with Crippen molar-refractivity contribution in [2.24, 2.45) is 0 Å². The van der Waals surface area contributed by atoms with Crippen LogP contribution in [-0.4, -0.2) is 22.4 Å². The standard InChI is InChI=1S/C15H13N3O2S/c19-14(13-5-3-9-20-13)17-8-6-11-10-21-15(18-11)12-4-1-2-7-16-12/h1-5,7,9-10H,6,8H2,(H,17,19). The second-order valence-corrected chi connectivity index (χ2v) is 5.20. The van der Waals surface area contributed by atoms with Gasteiger partial charge in [-0.05, 0) is 24.3 Å². The van der Waals surface area contributed by atoms with Crippen LogP contribution in [0.2, 0.25) is 0 Å². The summed E-state index contributed by atoms with van der Waals surface area (Å²) in [4.78, 5) is 20.5. The summed E-state index contributed by atoms with van der Waals surface area (Å²) in [5.74, 6) is 0.114. The van der Waals surface area contributed by atoms with E-state index in [1.807, 2.05) is 23.6 Å². The fourth-order valence-corrected chi connectivity index (χ4v) is 2.66. The summed E-state index contributed by atoms with van der Waals surface area (Å²) < 4.78 is 5.03. The molecular formula is C15H13N3O2S. The lowest BCUT2D eigenvalue weighted by atomic mass is 10.3. The van der Waals surface area contributed by atoms with E-state index >= 15 is 0 Å². The van der Waals surface area contributed by atoms with Gasteiger partial charge >= 0.3 is 0 Å². The van der Waals surface area contributed by atoms with Crippen LogP contribution in [0.5, 0.6) is 0 Å². The predicted molar refractivity (Wildman–Crippen MR) is 80.1 cm³/mol. The fourth-order valence-electron chi connectivity index (χ4n) is 1.83. The Labute approximate surface area is 125 Å². The highest BCUT2D eigenvalue weighted by Crippen LogP contribution is 2.21. The number of hydrogen-bond acceptors (Lipinski definition) is 5. The van der Waals surface area contributed by atoms with Gasteiger partial charge in [0.15, 0.2) is 5.76 Å². The Balaban J connectivity index is 1.55. The molecule has 0 fully saturated rings. The van der Waals surface area contributed by atoms with E-state index in [-0.39, 0.29) is 5.91 Å². The molecule has 0 aromatic carbocycles. The molecule has 0 unspecified atom stereocenters. The molecule has 6 heteroatoms. The van der Waals surface area contributed by atoms with Gasteiger partial charge in [-0.3, -0.25) is 9.78 Å². The Kier molecular flexibility index (Phi) is 4.07. The zero-order chi connectivity index (χ0) is 14.5. The highest BCUT2D eigenvalue weighted by molar-refractivity contribution is 7.13. The van der Waals surface area contributed by atoms with Crippen molar-refractivity contribution in [1.82, 2.24) is 15.3 Å². The van der Waals surface area contributed by atoms with Crippen LogP contribution in [-0.2, 0) is 6.42 Å². The van der Waals surface area contributed by atoms with Crippen molar-refractivity contribution < 1.29 is 9.21 Å². The molecule has 0 aliphatic carbocycles. The highest BCUT2D eigenvalue weighted by atomic mass is 32.1. The summed E-state index contributed by atoms with van der Waals surface area (Å²) in [6, 6.07) is 9.07. The maximum Gasteiger partial charge on any atom is 0.286 e. The van der Waals surface area contributed by atoms with Gasteiger partial charge in [0.25, 0.3) is 5.91 Å². The first kappa shape index (κ1) is 13.5. The summed E-state index contributed by atoms with van der Waals surface area (Å²) in [6.45, 7) is 0.519. The number of nitrogens with one attached hydrogen (secondary N) is 1. The SMILES string of the molecule is O=C(NCCc1csc(-c2ccccn2)n1)c1ccco1. The topological polar surface area (TPSA) is 68.0 Å². The molecular weight excluding hydrogens is 286 g/mol. The molecule has 0 saturated heterocycles. The smallest absolute Gasteiger partial charge is 0.286 e. The lowest BCUT2D eigenvalue weighted by Crippen LogP contribution is -2.25. The van der Waals surface area contributed by atoms with Gasteiger partial charge in [0.05, 0.1) is 17.7 Å². The summed E-state index contributed by atoms with van der Waals surface area (Å²) in [6.07, 6.45) is 3.91. The average Bonchev–Trinajstić information content (AvgIpc) is 3.20. The largest absolute Gasteiger partial charge is 0.459 e. The van der Waals surface area contributed by atoms with Gasteiger partial charge < -0.3 is 9.73 Å².